The highest BCUT2D eigenvalue weighted by molar-refractivity contribution is 7.13. The molecule has 6 heteroatoms. The summed E-state index contributed by atoms with van der Waals surface area (Å²) < 4.78 is 0. The third kappa shape index (κ3) is 3.60. The van der Waals surface area contributed by atoms with Crippen molar-refractivity contribution in [1.29, 1.82) is 0 Å². The largest absolute Gasteiger partial charge is 0.346 e. The third-order valence-corrected chi connectivity index (χ3v) is 3.53. The molecule has 0 aromatic carbocycles. The van der Waals surface area contributed by atoms with Crippen molar-refractivity contribution in [1.82, 2.24) is 15.6 Å². The van der Waals surface area contributed by atoms with Gasteiger partial charge in [0.05, 0.1) is 0 Å². The molecule has 1 fully saturated rings. The first-order valence-electron chi connectivity index (χ1n) is 6.17. The maximum Gasteiger partial charge on any atom is 0.315 e. The molecule has 0 unspecified atom stereocenters. The van der Waals surface area contributed by atoms with E-state index in [-0.39, 0.29) is 17.6 Å². The van der Waals surface area contributed by atoms with Crippen molar-refractivity contribution in [3.63, 3.8) is 0 Å². The molecular weight excluding hydrogens is 248 g/mol. The van der Waals surface area contributed by atoms with E-state index in [4.69, 9.17) is 0 Å². The van der Waals surface area contributed by atoms with Crippen molar-refractivity contribution in [3.05, 3.63) is 11.6 Å². The minimum atomic E-state index is -0.197. The molecule has 5 nitrogen and oxygen atoms in total. The van der Waals surface area contributed by atoms with Crippen molar-refractivity contribution in [3.8, 4) is 0 Å². The van der Waals surface area contributed by atoms with Gasteiger partial charge in [-0.2, -0.15) is 0 Å². The normalized spacial score (nSPS) is 19.9. The third-order valence-electron chi connectivity index (χ3n) is 2.70. The predicted octanol–water partition coefficient (Wildman–Crippen LogP) is 1.82. The highest BCUT2D eigenvalue weighted by Gasteiger charge is 2.26. The van der Waals surface area contributed by atoms with E-state index >= 15 is 0 Å². The van der Waals surface area contributed by atoms with Crippen molar-refractivity contribution in [2.75, 3.05) is 18.0 Å². The molecule has 1 aromatic rings. The van der Waals surface area contributed by atoms with Gasteiger partial charge in [0.15, 0.2) is 5.13 Å². The Bertz CT molecular complexity index is 399. The standard InChI is InChI=1S/C12H20N4OS/c1-12(2,3)15-10(17)14-9-4-6-16(8-9)11-13-5-7-18-11/h5,7,9H,4,6,8H2,1-3H3,(H2,14,15,17)/t9-/m1/s1. The quantitative estimate of drug-likeness (QED) is 0.860. The first kappa shape index (κ1) is 13.1. The summed E-state index contributed by atoms with van der Waals surface area (Å²) in [4.78, 5) is 18.3. The van der Waals surface area contributed by atoms with Gasteiger partial charge in [0, 0.05) is 36.2 Å². The van der Waals surface area contributed by atoms with Gasteiger partial charge in [-0.05, 0) is 27.2 Å². The van der Waals surface area contributed by atoms with Crippen LogP contribution in [0.4, 0.5) is 9.93 Å². The Morgan fingerprint density at radius 2 is 2.33 bits per heavy atom. The first-order valence-corrected chi connectivity index (χ1v) is 7.05. The lowest BCUT2D eigenvalue weighted by molar-refractivity contribution is 0.229. The van der Waals surface area contributed by atoms with Crippen LogP contribution in [0.25, 0.3) is 0 Å². The number of hydrogen-bond donors (Lipinski definition) is 2. The number of carbonyl (C=O) groups is 1. The van der Waals surface area contributed by atoms with Crippen LogP contribution in [-0.4, -0.2) is 35.7 Å². The summed E-state index contributed by atoms with van der Waals surface area (Å²) in [6, 6.07) is 0.115. The molecule has 0 radical (unpaired) electrons. The van der Waals surface area contributed by atoms with Gasteiger partial charge in [0.1, 0.15) is 0 Å². The van der Waals surface area contributed by atoms with Crippen LogP contribution in [0.1, 0.15) is 27.2 Å². The molecule has 2 rings (SSSR count). The summed E-state index contributed by atoms with van der Waals surface area (Å²) in [5.41, 5.74) is -0.197. The molecule has 2 amide bonds. The molecule has 1 aromatic heterocycles. The molecule has 0 aliphatic carbocycles. The van der Waals surface area contributed by atoms with Gasteiger partial charge in [-0.1, -0.05) is 0 Å². The fourth-order valence-corrected chi connectivity index (χ4v) is 2.67. The predicted molar refractivity (Wildman–Crippen MR) is 74.2 cm³/mol. The van der Waals surface area contributed by atoms with E-state index in [1.54, 1.807) is 11.3 Å². The lowest BCUT2D eigenvalue weighted by atomic mass is 10.1. The van der Waals surface area contributed by atoms with Gasteiger partial charge >= 0.3 is 6.03 Å². The van der Waals surface area contributed by atoms with Crippen molar-refractivity contribution in [2.45, 2.75) is 38.8 Å². The summed E-state index contributed by atoms with van der Waals surface area (Å²) in [7, 11) is 0. The molecule has 100 valence electrons. The Morgan fingerprint density at radius 3 is 2.94 bits per heavy atom. The molecule has 0 spiro atoms. The van der Waals surface area contributed by atoms with Crippen LogP contribution in [0.5, 0.6) is 0 Å². The van der Waals surface area contributed by atoms with Crippen LogP contribution in [-0.2, 0) is 0 Å². The van der Waals surface area contributed by atoms with E-state index < -0.39 is 0 Å². The number of urea groups is 1. The number of carbonyl (C=O) groups excluding carboxylic acids is 1. The molecule has 1 saturated heterocycles. The summed E-state index contributed by atoms with van der Waals surface area (Å²) >= 11 is 1.64. The molecule has 18 heavy (non-hydrogen) atoms. The van der Waals surface area contributed by atoms with E-state index in [1.165, 1.54) is 0 Å². The number of thiazole rings is 1. The fourth-order valence-electron chi connectivity index (χ4n) is 1.99. The first-order chi connectivity index (χ1) is 8.44. The summed E-state index contributed by atoms with van der Waals surface area (Å²) in [6.45, 7) is 7.72. The second kappa shape index (κ2) is 5.14. The van der Waals surface area contributed by atoms with Gasteiger partial charge in [-0.15, -0.1) is 11.3 Å². The van der Waals surface area contributed by atoms with Crippen molar-refractivity contribution in [2.24, 2.45) is 0 Å². The molecule has 0 saturated carbocycles. The average Bonchev–Trinajstić information content (AvgIpc) is 2.82. The van der Waals surface area contributed by atoms with Gasteiger partial charge in [-0.25, -0.2) is 9.78 Å². The molecule has 1 aliphatic rings. The Balaban J connectivity index is 1.81. The van der Waals surface area contributed by atoms with Crippen LogP contribution < -0.4 is 15.5 Å². The zero-order valence-corrected chi connectivity index (χ0v) is 11.9. The van der Waals surface area contributed by atoms with Crippen molar-refractivity contribution < 1.29 is 4.79 Å². The van der Waals surface area contributed by atoms with Gasteiger partial charge in [0.2, 0.25) is 0 Å². The summed E-state index contributed by atoms with van der Waals surface area (Å²) in [5.74, 6) is 0. The lowest BCUT2D eigenvalue weighted by Crippen LogP contribution is -2.50. The highest BCUT2D eigenvalue weighted by Crippen LogP contribution is 2.22. The van der Waals surface area contributed by atoms with E-state index in [1.807, 2.05) is 32.3 Å². The number of nitrogens with zero attached hydrogens (tertiary/aromatic N) is 2. The highest BCUT2D eigenvalue weighted by atomic mass is 32.1. The van der Waals surface area contributed by atoms with Crippen LogP contribution in [0.3, 0.4) is 0 Å². The zero-order chi connectivity index (χ0) is 13.2. The molecular formula is C12H20N4OS. The SMILES string of the molecule is CC(C)(C)NC(=O)N[C@@H]1CCN(c2nccs2)C1. The Labute approximate surface area is 112 Å². The molecule has 1 aliphatic heterocycles. The molecule has 0 bridgehead atoms. The Hall–Kier alpha value is -1.30. The molecule has 2 heterocycles. The van der Waals surface area contributed by atoms with E-state index in [0.717, 1.165) is 24.6 Å². The van der Waals surface area contributed by atoms with Crippen molar-refractivity contribution >= 4 is 22.5 Å². The number of rotatable bonds is 2. The van der Waals surface area contributed by atoms with E-state index in [9.17, 15) is 4.79 Å². The maximum absolute atomic E-state index is 11.8. The number of anilines is 1. The number of aromatic nitrogens is 1. The zero-order valence-electron chi connectivity index (χ0n) is 11.1. The topological polar surface area (TPSA) is 57.3 Å². The van der Waals surface area contributed by atoms with Gasteiger partial charge in [-0.3, -0.25) is 0 Å². The summed E-state index contributed by atoms with van der Waals surface area (Å²) in [5, 5.41) is 8.94. The second-order valence-electron chi connectivity index (χ2n) is 5.59. The number of hydrogen-bond acceptors (Lipinski definition) is 4. The van der Waals surface area contributed by atoms with Crippen LogP contribution in [0.15, 0.2) is 11.6 Å². The van der Waals surface area contributed by atoms with Crippen LogP contribution >= 0.6 is 11.3 Å². The smallest absolute Gasteiger partial charge is 0.315 e. The maximum atomic E-state index is 11.8. The number of amides is 2. The van der Waals surface area contributed by atoms with Gasteiger partial charge < -0.3 is 15.5 Å². The summed E-state index contributed by atoms with van der Waals surface area (Å²) in [6.07, 6.45) is 2.78. The average molecular weight is 268 g/mol. The van der Waals surface area contributed by atoms with E-state index in [0.29, 0.717) is 0 Å². The van der Waals surface area contributed by atoms with E-state index in [2.05, 4.69) is 20.5 Å². The molecule has 1 atom stereocenters. The Kier molecular flexibility index (Phi) is 3.75. The van der Waals surface area contributed by atoms with Crippen LogP contribution in [0, 0.1) is 0 Å². The lowest BCUT2D eigenvalue weighted by Gasteiger charge is -2.22. The fraction of sp³-hybridized carbons (Fsp3) is 0.667. The monoisotopic (exact) mass is 268 g/mol. The minimum Gasteiger partial charge on any atom is -0.346 e. The van der Waals surface area contributed by atoms with Crippen LogP contribution in [0.2, 0.25) is 0 Å². The second-order valence-corrected chi connectivity index (χ2v) is 6.47. The Morgan fingerprint density at radius 1 is 1.56 bits per heavy atom. The minimum absolute atomic E-state index is 0.0894. The van der Waals surface area contributed by atoms with Gasteiger partial charge in [0.25, 0.3) is 0 Å². The number of nitrogens with one attached hydrogen (secondary N) is 2. The molecule has 2 N–H and O–H groups in total.